The minimum absolute atomic E-state index is 0. The Balaban J connectivity index is -0.000000407. The standard InChI is InChI=1S/C15H24O.C12H17FO.2C12H20OS.C12H18O.2C11H24O.C10H20O3.C8H18S.CH4/c1-12(2)15(11-16-13(3)4)10-14-8-6-5-7-9-14;1-8(2)12-10(13)6-5-7-11(12)14-9(3)4;1-9(2)12(7-13-10(3)4)11-5-6-14-8-11;1-9(2)11(8-13-10(3)4)12-6-5-7-14-12;1-9(2)11-7-5-6-8-12(11)13-10(3)4;1-8(2)11(9(3)4)7-12-10(5)6;1-6-7-11(9(2)3)8-12-10(4)5;1-7(2)9(10(11)12-5)6-13-8(3)4;1-7(2)5-6-9-8(3)4;/h5-9,12-13,15H,10-11H2,1-4H3;5-9H,1-4H3;5-6,8-10,12H,7H2,1-4H3;5-7,9-11H,8H2,1-4H3;5-10H,1-4H3;8-11H,7H2,1-6H3;9-11H,6-8H2,1-5H3;7-9H,6H2,1-5H3;7-8H,5-6H2,1-4H3;1H4. The summed E-state index contributed by atoms with van der Waals surface area (Å²) in [6.45, 7) is 88.5. The van der Waals surface area contributed by atoms with Crippen molar-refractivity contribution in [2.24, 2.45) is 71.0 Å². The van der Waals surface area contributed by atoms with Crippen LogP contribution in [-0.2, 0) is 44.4 Å². The van der Waals surface area contributed by atoms with Gasteiger partial charge in [-0.25, -0.2) is 4.39 Å². The van der Waals surface area contributed by atoms with Crippen molar-refractivity contribution in [1.29, 1.82) is 0 Å². The molecule has 0 spiro atoms. The average molecular weight is 1710 g/mol. The van der Waals surface area contributed by atoms with Crippen LogP contribution in [0.2, 0.25) is 0 Å². The molecule has 0 saturated carbocycles. The Hall–Kier alpha value is -3.83. The van der Waals surface area contributed by atoms with E-state index in [-0.39, 0.29) is 55.3 Å². The van der Waals surface area contributed by atoms with Gasteiger partial charge in [0.2, 0.25) is 0 Å². The molecule has 0 fully saturated rings. The molecule has 0 aliphatic heterocycles. The van der Waals surface area contributed by atoms with Gasteiger partial charge in [0.15, 0.2) is 0 Å². The van der Waals surface area contributed by atoms with Crippen molar-refractivity contribution >= 4 is 40.4 Å². The number of rotatable bonds is 42. The molecular weight excluding hydrogens is 1520 g/mol. The summed E-state index contributed by atoms with van der Waals surface area (Å²) in [5.74, 6) is 11.6. The smallest absolute Gasteiger partial charge is 0.311 e. The van der Waals surface area contributed by atoms with Crippen LogP contribution >= 0.6 is 34.4 Å². The van der Waals surface area contributed by atoms with Crippen molar-refractivity contribution < 1.29 is 51.8 Å². The summed E-state index contributed by atoms with van der Waals surface area (Å²) in [5, 5.41) is 7.32. The van der Waals surface area contributed by atoms with Crippen LogP contribution in [-0.4, -0.2) is 113 Å². The molecular formula is C104H189FO10S3. The van der Waals surface area contributed by atoms with Crippen LogP contribution in [0, 0.1) is 76.8 Å². The van der Waals surface area contributed by atoms with E-state index in [0.717, 1.165) is 80.0 Å². The summed E-state index contributed by atoms with van der Waals surface area (Å²) in [5.41, 5.74) is 4.79. The normalized spacial score (nSPS) is 12.7. The first-order valence-electron chi connectivity index (χ1n) is 45.3. The van der Waals surface area contributed by atoms with Gasteiger partial charge in [-0.15, -0.1) is 11.3 Å². The predicted octanol–water partition coefficient (Wildman–Crippen LogP) is 31.6. The highest BCUT2D eigenvalue weighted by Gasteiger charge is 2.25. The number of ether oxygens (including phenoxy) is 9. The monoisotopic (exact) mass is 1710 g/mol. The summed E-state index contributed by atoms with van der Waals surface area (Å²) >= 11 is 5.65. The highest BCUT2D eigenvalue weighted by atomic mass is 32.2. The second-order valence-corrected chi connectivity index (χ2v) is 40.5. The molecule has 5 atom stereocenters. The lowest BCUT2D eigenvalue weighted by atomic mass is 9.86. The number of benzene rings is 3. The van der Waals surface area contributed by atoms with Gasteiger partial charge in [-0.2, -0.15) is 23.1 Å². The number of halogens is 1. The van der Waals surface area contributed by atoms with Crippen LogP contribution < -0.4 is 9.47 Å². The van der Waals surface area contributed by atoms with Gasteiger partial charge in [-0.05, 0) is 281 Å². The maximum Gasteiger partial charge on any atom is 0.311 e. The van der Waals surface area contributed by atoms with Gasteiger partial charge in [0.1, 0.15) is 17.3 Å². The third kappa shape index (κ3) is 66.7. The molecule has 2 heterocycles. The van der Waals surface area contributed by atoms with Crippen LogP contribution in [0.25, 0.3) is 0 Å². The number of esters is 1. The topological polar surface area (TPSA) is 100 Å². The Kier molecular flexibility index (Phi) is 76.4. The summed E-state index contributed by atoms with van der Waals surface area (Å²) < 4.78 is 63.2. The van der Waals surface area contributed by atoms with E-state index in [0.29, 0.717) is 95.8 Å². The molecule has 14 heteroatoms. The molecule has 5 unspecified atom stereocenters. The Bertz CT molecular complexity index is 2900. The summed E-state index contributed by atoms with van der Waals surface area (Å²) in [7, 11) is 1.41. The van der Waals surface area contributed by atoms with Gasteiger partial charge < -0.3 is 42.6 Å². The van der Waals surface area contributed by atoms with Crippen molar-refractivity contribution in [3.05, 3.63) is 140 Å². The molecule has 0 N–H and O–H groups in total. The van der Waals surface area contributed by atoms with E-state index in [1.807, 2.05) is 84.9 Å². The molecule has 0 bridgehead atoms. The first-order valence-corrected chi connectivity index (χ1v) is 48.1. The van der Waals surface area contributed by atoms with Crippen molar-refractivity contribution in [3.8, 4) is 11.5 Å². The molecule has 5 aromatic rings. The van der Waals surface area contributed by atoms with E-state index in [1.165, 1.54) is 59.8 Å². The van der Waals surface area contributed by atoms with E-state index in [1.54, 1.807) is 17.4 Å². The minimum atomic E-state index is -0.185. The highest BCUT2D eigenvalue weighted by Crippen LogP contribution is 2.33. The molecule has 0 aliphatic carbocycles. The molecule has 0 amide bonds. The van der Waals surface area contributed by atoms with E-state index in [9.17, 15) is 9.18 Å². The highest BCUT2D eigenvalue weighted by molar-refractivity contribution is 7.99. The fraction of sp³-hybridized carbons (Fsp3) is 0.740. The molecule has 690 valence electrons. The van der Waals surface area contributed by atoms with E-state index < -0.39 is 0 Å². The van der Waals surface area contributed by atoms with Crippen LogP contribution in [0.4, 0.5) is 4.39 Å². The first-order chi connectivity index (χ1) is 54.6. The number of hydrogen-bond donors (Lipinski definition) is 0. The van der Waals surface area contributed by atoms with Gasteiger partial charge in [-0.1, -0.05) is 234 Å². The maximum atomic E-state index is 13.5. The van der Waals surface area contributed by atoms with Crippen molar-refractivity contribution in [2.45, 2.75) is 381 Å². The molecule has 0 saturated heterocycles. The first kappa shape index (κ1) is 123. The van der Waals surface area contributed by atoms with Crippen molar-refractivity contribution in [1.82, 2.24) is 0 Å². The fourth-order valence-electron chi connectivity index (χ4n) is 11.6. The molecule has 118 heavy (non-hydrogen) atoms. The maximum absolute atomic E-state index is 13.5. The number of thioether (sulfide) groups is 1. The Labute approximate surface area is 743 Å². The number of para-hydroxylation sites is 1. The summed E-state index contributed by atoms with van der Waals surface area (Å²) in [4.78, 5) is 12.7. The lowest BCUT2D eigenvalue weighted by molar-refractivity contribution is -0.150. The number of thiophene rings is 2. The zero-order chi connectivity index (χ0) is 90.6. The van der Waals surface area contributed by atoms with Crippen molar-refractivity contribution in [3.63, 3.8) is 0 Å². The third-order valence-electron chi connectivity index (χ3n) is 19.1. The number of carbonyl (C=O) groups is 1. The summed E-state index contributed by atoms with van der Waals surface area (Å²) in [6.07, 6.45) is 7.26. The number of hydrogen-bond acceptors (Lipinski definition) is 13. The molecule has 10 nitrogen and oxygen atoms in total. The molecule has 2 aromatic heterocycles. The lowest BCUT2D eigenvalue weighted by Gasteiger charge is -2.25. The van der Waals surface area contributed by atoms with Crippen LogP contribution in [0.15, 0.2) is 107 Å². The van der Waals surface area contributed by atoms with Gasteiger partial charge in [0, 0.05) is 28.9 Å². The Morgan fingerprint density at radius 3 is 1.25 bits per heavy atom. The molecule has 5 rings (SSSR count). The Morgan fingerprint density at radius 1 is 0.415 bits per heavy atom. The predicted molar refractivity (Wildman–Crippen MR) is 522 cm³/mol. The van der Waals surface area contributed by atoms with E-state index >= 15 is 0 Å². The quantitative estimate of drug-likeness (QED) is 0.0349. The fourth-order valence-corrected chi connectivity index (χ4v) is 14.4. The minimum Gasteiger partial charge on any atom is -0.491 e. The second kappa shape index (κ2) is 73.5. The second-order valence-electron chi connectivity index (χ2n) is 37.0. The molecule has 3 aromatic carbocycles. The van der Waals surface area contributed by atoms with Gasteiger partial charge in [-0.3, -0.25) is 4.79 Å². The van der Waals surface area contributed by atoms with Crippen LogP contribution in [0.3, 0.4) is 0 Å². The van der Waals surface area contributed by atoms with Gasteiger partial charge >= 0.3 is 5.97 Å². The largest absolute Gasteiger partial charge is 0.491 e. The SMILES string of the molecule is C.CC(C)CCSC(C)C.CC(C)OCC(C(C)C)C(C)C.CC(C)OCC(Cc1ccccc1)C(C)C.CC(C)OCC(c1cccs1)C(C)C.CC(C)OCC(c1ccsc1)C(C)C.CC(C)Oc1cccc(F)c1C(C)C.CC(C)Oc1ccccc1C(C)C.CCCC(COC(C)C)C(C)C.COC(=O)C(COC(C)C)C(C)C. The third-order valence-corrected chi connectivity index (χ3v) is 22.0. The van der Waals surface area contributed by atoms with Gasteiger partial charge in [0.05, 0.1) is 94.9 Å². The lowest BCUT2D eigenvalue weighted by Crippen LogP contribution is -2.27. The zero-order valence-corrected chi connectivity index (χ0v) is 85.2. The van der Waals surface area contributed by atoms with Crippen LogP contribution in [0.1, 0.15) is 348 Å². The Morgan fingerprint density at radius 2 is 0.864 bits per heavy atom. The number of methoxy groups -OCH3 is 1. The molecule has 0 radical (unpaired) electrons. The van der Waals surface area contributed by atoms with Gasteiger partial charge in [0.25, 0.3) is 0 Å². The number of carbonyl (C=O) groups excluding carboxylic acids is 1. The summed E-state index contributed by atoms with van der Waals surface area (Å²) in [6, 6.07) is 30.4. The van der Waals surface area contributed by atoms with Crippen LogP contribution in [0.5, 0.6) is 11.5 Å². The zero-order valence-electron chi connectivity index (χ0n) is 82.8. The molecule has 0 aliphatic rings. The van der Waals surface area contributed by atoms with Crippen molar-refractivity contribution in [2.75, 3.05) is 52.5 Å². The van der Waals surface area contributed by atoms with E-state index in [4.69, 9.17) is 37.9 Å². The average Bonchev–Trinajstić information content (AvgIpc) is 0.991. The van der Waals surface area contributed by atoms with E-state index in [2.05, 4.69) is 308 Å².